The van der Waals surface area contributed by atoms with Crippen LogP contribution >= 0.6 is 0 Å². The molecule has 1 aromatic carbocycles. The van der Waals surface area contributed by atoms with E-state index in [1.807, 2.05) is 43.3 Å². The van der Waals surface area contributed by atoms with Crippen LogP contribution in [0.5, 0.6) is 0 Å². The van der Waals surface area contributed by atoms with Crippen molar-refractivity contribution in [2.24, 2.45) is 0 Å². The first kappa shape index (κ1) is 14.5. The highest BCUT2D eigenvalue weighted by atomic mass is 16.3. The summed E-state index contributed by atoms with van der Waals surface area (Å²) in [6.45, 7) is 7.55. The second-order valence-electron chi connectivity index (χ2n) is 5.02. The fourth-order valence-corrected chi connectivity index (χ4v) is 2.38. The van der Waals surface area contributed by atoms with Gasteiger partial charge in [0.25, 0.3) is 0 Å². The van der Waals surface area contributed by atoms with Gasteiger partial charge >= 0.3 is 0 Å². The smallest absolute Gasteiger partial charge is 0.0781 e. The molecule has 0 aliphatic carbocycles. The fourth-order valence-electron chi connectivity index (χ4n) is 2.38. The van der Waals surface area contributed by atoms with Crippen molar-refractivity contribution >= 4 is 5.69 Å². The van der Waals surface area contributed by atoms with Crippen molar-refractivity contribution in [3.63, 3.8) is 0 Å². The standard InChI is InChI=1S/C17H22N2O/c1-4-19(12-15-9-7-8-13(2)18-15)17-11-6-5-10-16(17)14(3)20/h5-11,14,20H,4,12H2,1-3H3/t14-/m1/s1. The number of aryl methyl sites for hydroxylation is 1. The molecular formula is C17H22N2O. The molecule has 0 saturated heterocycles. The predicted molar refractivity (Wildman–Crippen MR) is 82.8 cm³/mol. The maximum Gasteiger partial charge on any atom is 0.0781 e. The number of aliphatic hydroxyl groups is 1. The van der Waals surface area contributed by atoms with Crippen LogP contribution in [0.4, 0.5) is 5.69 Å². The summed E-state index contributed by atoms with van der Waals surface area (Å²) in [6, 6.07) is 14.1. The van der Waals surface area contributed by atoms with E-state index in [-0.39, 0.29) is 0 Å². The van der Waals surface area contributed by atoms with Crippen molar-refractivity contribution in [3.05, 3.63) is 59.4 Å². The van der Waals surface area contributed by atoms with Gasteiger partial charge in [0, 0.05) is 23.5 Å². The molecule has 0 aliphatic rings. The molecule has 3 heteroatoms. The van der Waals surface area contributed by atoms with Crippen LogP contribution in [0.2, 0.25) is 0 Å². The first-order valence-electron chi connectivity index (χ1n) is 7.06. The fraction of sp³-hybridized carbons (Fsp3) is 0.353. The normalized spacial score (nSPS) is 12.2. The molecule has 1 atom stereocenters. The van der Waals surface area contributed by atoms with Gasteiger partial charge in [0.1, 0.15) is 0 Å². The van der Waals surface area contributed by atoms with Gasteiger partial charge in [-0.15, -0.1) is 0 Å². The highest BCUT2D eigenvalue weighted by Gasteiger charge is 2.13. The number of para-hydroxylation sites is 1. The summed E-state index contributed by atoms with van der Waals surface area (Å²) in [6.07, 6.45) is -0.467. The van der Waals surface area contributed by atoms with Crippen LogP contribution in [0.1, 0.15) is 36.9 Å². The number of anilines is 1. The zero-order chi connectivity index (χ0) is 14.5. The lowest BCUT2D eigenvalue weighted by molar-refractivity contribution is 0.199. The molecule has 1 heterocycles. The quantitative estimate of drug-likeness (QED) is 0.903. The Morgan fingerprint density at radius 3 is 2.55 bits per heavy atom. The minimum atomic E-state index is -0.467. The van der Waals surface area contributed by atoms with Gasteiger partial charge < -0.3 is 10.0 Å². The van der Waals surface area contributed by atoms with Crippen molar-refractivity contribution in [2.75, 3.05) is 11.4 Å². The average Bonchev–Trinajstić information content (AvgIpc) is 2.45. The van der Waals surface area contributed by atoms with Gasteiger partial charge in [-0.25, -0.2) is 0 Å². The van der Waals surface area contributed by atoms with Crippen LogP contribution in [-0.2, 0) is 6.54 Å². The number of hydrogen-bond donors (Lipinski definition) is 1. The Bertz CT molecular complexity index is 566. The first-order valence-corrected chi connectivity index (χ1v) is 7.06. The average molecular weight is 270 g/mol. The number of benzene rings is 1. The molecule has 0 radical (unpaired) electrons. The van der Waals surface area contributed by atoms with Crippen LogP contribution in [0.15, 0.2) is 42.5 Å². The lowest BCUT2D eigenvalue weighted by Crippen LogP contribution is -2.24. The molecule has 0 spiro atoms. The number of pyridine rings is 1. The van der Waals surface area contributed by atoms with Crippen LogP contribution in [-0.4, -0.2) is 16.6 Å². The second-order valence-corrected chi connectivity index (χ2v) is 5.02. The zero-order valence-corrected chi connectivity index (χ0v) is 12.4. The second kappa shape index (κ2) is 6.53. The summed E-state index contributed by atoms with van der Waals surface area (Å²) in [5.41, 5.74) is 4.12. The molecule has 0 amide bonds. The van der Waals surface area contributed by atoms with Crippen LogP contribution < -0.4 is 4.90 Å². The molecule has 0 saturated carbocycles. The number of aliphatic hydroxyl groups excluding tert-OH is 1. The summed E-state index contributed by atoms with van der Waals surface area (Å²) in [5.74, 6) is 0. The van der Waals surface area contributed by atoms with E-state index in [0.717, 1.165) is 35.7 Å². The van der Waals surface area contributed by atoms with Crippen LogP contribution in [0.25, 0.3) is 0 Å². The largest absolute Gasteiger partial charge is 0.389 e. The molecule has 0 aliphatic heterocycles. The summed E-state index contributed by atoms with van der Waals surface area (Å²) >= 11 is 0. The van der Waals surface area contributed by atoms with E-state index < -0.39 is 6.10 Å². The molecule has 0 unspecified atom stereocenters. The van der Waals surface area contributed by atoms with E-state index in [2.05, 4.69) is 22.9 Å². The zero-order valence-electron chi connectivity index (χ0n) is 12.4. The van der Waals surface area contributed by atoms with E-state index in [4.69, 9.17) is 0 Å². The molecule has 2 rings (SSSR count). The minimum Gasteiger partial charge on any atom is -0.389 e. The Morgan fingerprint density at radius 1 is 1.15 bits per heavy atom. The van der Waals surface area contributed by atoms with Crippen molar-refractivity contribution in [1.82, 2.24) is 4.98 Å². The summed E-state index contributed by atoms with van der Waals surface area (Å²) in [4.78, 5) is 6.80. The summed E-state index contributed by atoms with van der Waals surface area (Å²) in [7, 11) is 0. The molecular weight excluding hydrogens is 248 g/mol. The molecule has 1 aromatic heterocycles. The van der Waals surface area contributed by atoms with Gasteiger partial charge in [0.2, 0.25) is 0 Å². The SMILES string of the molecule is CCN(Cc1cccc(C)n1)c1ccccc1[C@@H](C)O. The Balaban J connectivity index is 2.29. The topological polar surface area (TPSA) is 36.4 Å². The molecule has 0 fully saturated rings. The third-order valence-electron chi connectivity index (χ3n) is 3.41. The van der Waals surface area contributed by atoms with E-state index in [1.165, 1.54) is 0 Å². The van der Waals surface area contributed by atoms with Crippen LogP contribution in [0.3, 0.4) is 0 Å². The van der Waals surface area contributed by atoms with Gasteiger partial charge in [-0.3, -0.25) is 4.98 Å². The predicted octanol–water partition coefficient (Wildman–Crippen LogP) is 3.47. The third-order valence-corrected chi connectivity index (χ3v) is 3.41. The summed E-state index contributed by atoms with van der Waals surface area (Å²) < 4.78 is 0. The van der Waals surface area contributed by atoms with E-state index in [9.17, 15) is 5.11 Å². The van der Waals surface area contributed by atoms with Gasteiger partial charge in [0.15, 0.2) is 0 Å². The lowest BCUT2D eigenvalue weighted by Gasteiger charge is -2.26. The highest BCUT2D eigenvalue weighted by Crippen LogP contribution is 2.27. The highest BCUT2D eigenvalue weighted by molar-refractivity contribution is 5.54. The minimum absolute atomic E-state index is 0.467. The lowest BCUT2D eigenvalue weighted by atomic mass is 10.1. The van der Waals surface area contributed by atoms with Gasteiger partial charge in [-0.2, -0.15) is 0 Å². The Kier molecular flexibility index (Phi) is 4.74. The van der Waals surface area contributed by atoms with Gasteiger partial charge in [-0.1, -0.05) is 24.3 Å². The van der Waals surface area contributed by atoms with E-state index >= 15 is 0 Å². The van der Waals surface area contributed by atoms with Crippen LogP contribution in [0, 0.1) is 6.92 Å². The maximum absolute atomic E-state index is 9.92. The number of hydrogen-bond acceptors (Lipinski definition) is 3. The van der Waals surface area contributed by atoms with E-state index in [0.29, 0.717) is 0 Å². The number of aromatic nitrogens is 1. The molecule has 0 bridgehead atoms. The van der Waals surface area contributed by atoms with E-state index in [1.54, 1.807) is 6.92 Å². The third kappa shape index (κ3) is 3.36. The van der Waals surface area contributed by atoms with Crippen molar-refractivity contribution in [1.29, 1.82) is 0 Å². The first-order chi connectivity index (χ1) is 9.61. The Morgan fingerprint density at radius 2 is 1.90 bits per heavy atom. The molecule has 106 valence electrons. The Labute approximate surface area is 120 Å². The van der Waals surface area contributed by atoms with Crippen molar-refractivity contribution in [3.8, 4) is 0 Å². The van der Waals surface area contributed by atoms with Gasteiger partial charge in [-0.05, 0) is 39.0 Å². The number of nitrogens with zero attached hydrogens (tertiary/aromatic N) is 2. The molecule has 2 aromatic rings. The molecule has 20 heavy (non-hydrogen) atoms. The summed E-state index contributed by atoms with van der Waals surface area (Å²) in [5, 5.41) is 9.92. The van der Waals surface area contributed by atoms with Gasteiger partial charge in [0.05, 0.1) is 18.3 Å². The number of rotatable bonds is 5. The van der Waals surface area contributed by atoms with Crippen molar-refractivity contribution < 1.29 is 5.11 Å². The molecule has 3 nitrogen and oxygen atoms in total. The Hall–Kier alpha value is -1.87. The maximum atomic E-state index is 9.92. The van der Waals surface area contributed by atoms with Crippen molar-refractivity contribution in [2.45, 2.75) is 33.4 Å². The monoisotopic (exact) mass is 270 g/mol. The molecule has 1 N–H and O–H groups in total.